The highest BCUT2D eigenvalue weighted by Gasteiger charge is 2.34. The summed E-state index contributed by atoms with van der Waals surface area (Å²) in [6.07, 6.45) is 0. The minimum atomic E-state index is -2.17. The first-order valence-electron chi connectivity index (χ1n) is 10.1. The van der Waals surface area contributed by atoms with E-state index in [0.717, 1.165) is 14.7 Å². The van der Waals surface area contributed by atoms with Crippen molar-refractivity contribution in [2.24, 2.45) is 0 Å². The van der Waals surface area contributed by atoms with Gasteiger partial charge in [-0.3, -0.25) is 4.79 Å². The smallest absolute Gasteiger partial charge is 0.313 e. The molecule has 0 radical (unpaired) electrons. The summed E-state index contributed by atoms with van der Waals surface area (Å²) in [5.74, 6) is 0.623. The summed E-state index contributed by atoms with van der Waals surface area (Å²) in [6.45, 7) is 10.2. The molecule has 0 bridgehead atoms. The monoisotopic (exact) mass is 406 g/mol. The molecule has 0 fully saturated rings. The van der Waals surface area contributed by atoms with Gasteiger partial charge in [0.25, 0.3) is 0 Å². The maximum atomic E-state index is 12.3. The summed E-state index contributed by atoms with van der Waals surface area (Å²) in [5.41, 5.74) is 2.54. The topological polar surface area (TPSA) is 26.3 Å². The standard InChI is InChI=1S/C26H30O2S/c1-19(2)22-11-15-25(16-12-22)29(28-21(5)27,24-9-7-6-8-10-24)26-17-13-23(14-18-26)20(3)4/h6-20H,1-5H3. The molecular weight excluding hydrogens is 376 g/mol. The molecule has 0 N–H and O–H groups in total. The number of carbonyl (C=O) groups excluding carboxylic acids is 1. The van der Waals surface area contributed by atoms with Gasteiger partial charge < -0.3 is 4.18 Å². The van der Waals surface area contributed by atoms with Crippen molar-refractivity contribution in [1.82, 2.24) is 0 Å². The van der Waals surface area contributed by atoms with Gasteiger partial charge in [-0.25, -0.2) is 0 Å². The van der Waals surface area contributed by atoms with Crippen molar-refractivity contribution in [2.45, 2.75) is 61.1 Å². The van der Waals surface area contributed by atoms with E-state index in [1.54, 1.807) is 0 Å². The Bertz CT molecular complexity index is 891. The van der Waals surface area contributed by atoms with Gasteiger partial charge in [-0.2, -0.15) is 0 Å². The molecule has 3 aromatic carbocycles. The molecule has 152 valence electrons. The quantitative estimate of drug-likeness (QED) is 0.419. The number of hydrogen-bond donors (Lipinski definition) is 0. The third-order valence-corrected chi connectivity index (χ3v) is 8.37. The van der Waals surface area contributed by atoms with Crippen molar-refractivity contribution in [3.8, 4) is 0 Å². The van der Waals surface area contributed by atoms with Gasteiger partial charge >= 0.3 is 5.97 Å². The summed E-state index contributed by atoms with van der Waals surface area (Å²) in [5, 5.41) is 0. The summed E-state index contributed by atoms with van der Waals surface area (Å²) < 4.78 is 6.24. The molecule has 0 heterocycles. The van der Waals surface area contributed by atoms with Crippen LogP contribution in [-0.2, 0) is 8.98 Å². The summed E-state index contributed by atoms with van der Waals surface area (Å²) >= 11 is 0. The van der Waals surface area contributed by atoms with Crippen LogP contribution >= 0.6 is 10.3 Å². The molecule has 0 amide bonds. The van der Waals surface area contributed by atoms with Gasteiger partial charge in [0, 0.05) is 21.6 Å². The predicted octanol–water partition coefficient (Wildman–Crippen LogP) is 7.69. The van der Waals surface area contributed by atoms with Crippen molar-refractivity contribution in [3.05, 3.63) is 90.0 Å². The van der Waals surface area contributed by atoms with Gasteiger partial charge in [0.05, 0.1) is 0 Å². The van der Waals surface area contributed by atoms with E-state index in [9.17, 15) is 4.79 Å². The third kappa shape index (κ3) is 4.40. The summed E-state index contributed by atoms with van der Waals surface area (Å²) in [6, 6.07) is 27.2. The van der Waals surface area contributed by atoms with Gasteiger partial charge in [0.2, 0.25) is 0 Å². The second-order valence-electron chi connectivity index (χ2n) is 7.89. The molecule has 0 spiro atoms. The Morgan fingerprint density at radius 2 is 1.03 bits per heavy atom. The van der Waals surface area contributed by atoms with Crippen LogP contribution < -0.4 is 0 Å². The number of carbonyl (C=O) groups is 1. The van der Waals surface area contributed by atoms with Gasteiger partial charge in [0.1, 0.15) is 0 Å². The highest BCUT2D eigenvalue weighted by molar-refractivity contribution is 8.30. The molecule has 0 atom stereocenters. The molecule has 0 aliphatic carbocycles. The first-order valence-corrected chi connectivity index (χ1v) is 11.7. The normalized spacial score (nSPS) is 12.2. The van der Waals surface area contributed by atoms with Crippen LogP contribution in [0.3, 0.4) is 0 Å². The Balaban J connectivity index is 2.26. The Kier molecular flexibility index (Phi) is 6.49. The third-order valence-electron chi connectivity index (χ3n) is 5.07. The van der Waals surface area contributed by atoms with Crippen LogP contribution in [-0.4, -0.2) is 5.97 Å². The molecule has 3 heteroatoms. The zero-order valence-corrected chi connectivity index (χ0v) is 18.7. The highest BCUT2D eigenvalue weighted by atomic mass is 32.3. The zero-order valence-electron chi connectivity index (χ0n) is 17.9. The first kappa shape index (κ1) is 21.2. The molecule has 0 unspecified atom stereocenters. The van der Waals surface area contributed by atoms with Crippen molar-refractivity contribution in [1.29, 1.82) is 0 Å². The summed E-state index contributed by atoms with van der Waals surface area (Å²) in [4.78, 5) is 15.4. The highest BCUT2D eigenvalue weighted by Crippen LogP contribution is 2.69. The Labute approximate surface area is 176 Å². The molecular formula is C26H30O2S. The van der Waals surface area contributed by atoms with E-state index in [1.165, 1.54) is 18.1 Å². The van der Waals surface area contributed by atoms with Crippen LogP contribution in [0.4, 0.5) is 0 Å². The van der Waals surface area contributed by atoms with Crippen molar-refractivity contribution in [3.63, 3.8) is 0 Å². The fraction of sp³-hybridized carbons (Fsp3) is 0.269. The van der Waals surface area contributed by atoms with E-state index in [4.69, 9.17) is 4.18 Å². The molecule has 0 aliphatic rings. The minimum absolute atomic E-state index is 0.273. The number of rotatable bonds is 6. The molecule has 0 saturated carbocycles. The van der Waals surface area contributed by atoms with Crippen LogP contribution in [0.15, 0.2) is 93.5 Å². The van der Waals surface area contributed by atoms with E-state index < -0.39 is 10.3 Å². The van der Waals surface area contributed by atoms with E-state index in [1.807, 2.05) is 18.2 Å². The van der Waals surface area contributed by atoms with Crippen LogP contribution in [0.1, 0.15) is 57.6 Å². The Morgan fingerprint density at radius 1 is 0.655 bits per heavy atom. The number of benzene rings is 3. The van der Waals surface area contributed by atoms with E-state index >= 15 is 0 Å². The lowest BCUT2D eigenvalue weighted by atomic mass is 10.0. The first-order chi connectivity index (χ1) is 13.8. The van der Waals surface area contributed by atoms with E-state index in [0.29, 0.717) is 11.8 Å². The van der Waals surface area contributed by atoms with E-state index in [-0.39, 0.29) is 5.97 Å². The Morgan fingerprint density at radius 3 is 1.38 bits per heavy atom. The lowest BCUT2D eigenvalue weighted by Crippen LogP contribution is -2.11. The molecule has 3 aromatic rings. The molecule has 0 aliphatic heterocycles. The average Bonchev–Trinajstić information content (AvgIpc) is 2.72. The van der Waals surface area contributed by atoms with Gasteiger partial charge in [-0.1, -0.05) is 70.2 Å². The minimum Gasteiger partial charge on any atom is -0.402 e. The average molecular weight is 407 g/mol. The molecule has 3 rings (SSSR count). The fourth-order valence-electron chi connectivity index (χ4n) is 3.43. The van der Waals surface area contributed by atoms with Crippen molar-refractivity contribution >= 4 is 16.3 Å². The number of hydrogen-bond acceptors (Lipinski definition) is 2. The maximum Gasteiger partial charge on any atom is 0.313 e. The Hall–Kier alpha value is -2.52. The lowest BCUT2D eigenvalue weighted by molar-refractivity contribution is -0.131. The van der Waals surface area contributed by atoms with Crippen molar-refractivity contribution < 1.29 is 8.98 Å². The predicted molar refractivity (Wildman–Crippen MR) is 122 cm³/mol. The van der Waals surface area contributed by atoms with Crippen LogP contribution in [0.25, 0.3) is 0 Å². The van der Waals surface area contributed by atoms with Gasteiger partial charge in [-0.05, 0) is 69.7 Å². The maximum absolute atomic E-state index is 12.3. The summed E-state index contributed by atoms with van der Waals surface area (Å²) in [7, 11) is -2.17. The lowest BCUT2D eigenvalue weighted by Gasteiger charge is -2.39. The van der Waals surface area contributed by atoms with Crippen LogP contribution in [0.2, 0.25) is 0 Å². The SMILES string of the molecule is CC(=O)OS(c1ccccc1)(c1ccc(C(C)C)cc1)c1ccc(C(C)C)cc1. The second kappa shape index (κ2) is 8.87. The molecule has 0 saturated heterocycles. The van der Waals surface area contributed by atoms with Gasteiger partial charge in [-0.15, -0.1) is 0 Å². The molecule has 29 heavy (non-hydrogen) atoms. The molecule has 0 aromatic heterocycles. The van der Waals surface area contributed by atoms with Crippen LogP contribution in [0.5, 0.6) is 0 Å². The largest absolute Gasteiger partial charge is 0.402 e. The fourth-order valence-corrected chi connectivity index (χ4v) is 6.47. The van der Waals surface area contributed by atoms with Crippen molar-refractivity contribution in [2.75, 3.05) is 0 Å². The molecule has 2 nitrogen and oxygen atoms in total. The second-order valence-corrected chi connectivity index (χ2v) is 10.6. The van der Waals surface area contributed by atoms with E-state index in [2.05, 4.69) is 88.4 Å². The zero-order chi connectivity index (χ0) is 21.0. The van der Waals surface area contributed by atoms with Crippen LogP contribution in [0, 0.1) is 0 Å². The van der Waals surface area contributed by atoms with Gasteiger partial charge in [0.15, 0.2) is 0 Å².